The van der Waals surface area contributed by atoms with E-state index in [2.05, 4.69) is 5.32 Å². The molecule has 0 saturated carbocycles. The number of carbonyl (C=O) groups is 1. The second-order valence-corrected chi connectivity index (χ2v) is 7.93. The Labute approximate surface area is 189 Å². The molecular weight excluding hydrogens is 402 g/mol. The van der Waals surface area contributed by atoms with Gasteiger partial charge in [-0.25, -0.2) is 4.79 Å². The van der Waals surface area contributed by atoms with Crippen LogP contribution in [0.5, 0.6) is 0 Å². The monoisotopic (exact) mass is 431 g/mol. The van der Waals surface area contributed by atoms with Crippen molar-refractivity contribution in [3.63, 3.8) is 0 Å². The number of para-hydroxylation sites is 3. The number of ether oxygens (including phenoxy) is 1. The van der Waals surface area contributed by atoms with Gasteiger partial charge in [-0.15, -0.1) is 0 Å². The first-order valence-corrected chi connectivity index (χ1v) is 10.9. The van der Waals surface area contributed by atoms with Crippen molar-refractivity contribution in [1.82, 2.24) is 4.90 Å². The van der Waals surface area contributed by atoms with Crippen LogP contribution in [0.4, 0.5) is 21.9 Å². The molecule has 1 heterocycles. The molecule has 6 nitrogen and oxygen atoms in total. The molecule has 32 heavy (non-hydrogen) atoms. The zero-order valence-corrected chi connectivity index (χ0v) is 18.2. The maximum atomic E-state index is 13.3. The number of urea groups is 1. The van der Waals surface area contributed by atoms with Crippen molar-refractivity contribution < 1.29 is 14.6 Å². The molecule has 1 fully saturated rings. The summed E-state index contributed by atoms with van der Waals surface area (Å²) in [6.45, 7) is 1.37. The molecule has 0 bridgehead atoms. The third-order valence-corrected chi connectivity index (χ3v) is 5.82. The van der Waals surface area contributed by atoms with Gasteiger partial charge in [-0.2, -0.15) is 0 Å². The van der Waals surface area contributed by atoms with E-state index in [0.29, 0.717) is 26.2 Å². The Morgan fingerprint density at radius 2 is 1.72 bits per heavy atom. The average molecular weight is 432 g/mol. The van der Waals surface area contributed by atoms with E-state index in [9.17, 15) is 9.90 Å². The predicted molar refractivity (Wildman–Crippen MR) is 127 cm³/mol. The number of nitrogens with zero attached hydrogens (tertiary/aromatic N) is 2. The second-order valence-electron chi connectivity index (χ2n) is 7.93. The Hall–Kier alpha value is -3.35. The summed E-state index contributed by atoms with van der Waals surface area (Å²) in [7, 11) is 1.98. The van der Waals surface area contributed by atoms with Gasteiger partial charge in [-0.1, -0.05) is 60.7 Å². The molecule has 0 radical (unpaired) electrons. The fourth-order valence-corrected chi connectivity index (χ4v) is 4.04. The summed E-state index contributed by atoms with van der Waals surface area (Å²) >= 11 is 0. The van der Waals surface area contributed by atoms with E-state index in [1.807, 2.05) is 96.9 Å². The number of rotatable bonds is 6. The number of anilines is 3. The zero-order valence-electron chi connectivity index (χ0n) is 18.2. The molecule has 4 rings (SSSR count). The van der Waals surface area contributed by atoms with Crippen molar-refractivity contribution in [3.05, 3.63) is 90.5 Å². The van der Waals surface area contributed by atoms with Crippen LogP contribution in [0.2, 0.25) is 0 Å². The topological polar surface area (TPSA) is 65.0 Å². The van der Waals surface area contributed by atoms with E-state index in [4.69, 9.17) is 4.74 Å². The molecule has 0 spiro atoms. The largest absolute Gasteiger partial charge is 0.388 e. The summed E-state index contributed by atoms with van der Waals surface area (Å²) in [6, 6.07) is 26.9. The molecular formula is C26H29N3O3. The van der Waals surface area contributed by atoms with Crippen molar-refractivity contribution in [2.45, 2.75) is 18.6 Å². The summed E-state index contributed by atoms with van der Waals surface area (Å²) < 4.78 is 5.63. The van der Waals surface area contributed by atoms with Crippen molar-refractivity contribution in [2.75, 3.05) is 37.0 Å². The Morgan fingerprint density at radius 3 is 2.47 bits per heavy atom. The van der Waals surface area contributed by atoms with Crippen LogP contribution < -0.4 is 10.2 Å². The van der Waals surface area contributed by atoms with Crippen molar-refractivity contribution in [2.24, 2.45) is 0 Å². The quantitative estimate of drug-likeness (QED) is 0.588. The van der Waals surface area contributed by atoms with Crippen LogP contribution >= 0.6 is 0 Å². The van der Waals surface area contributed by atoms with Gasteiger partial charge in [-0.05, 0) is 29.8 Å². The van der Waals surface area contributed by atoms with Crippen LogP contribution in [0.1, 0.15) is 18.1 Å². The minimum atomic E-state index is -0.658. The standard InChI is InChI=1S/C26H29N3O3/c1-28(21-12-6-3-7-13-21)24-15-9-8-14-23(24)27-26(31)29-16-17-32-19-22(29)18-25(30)20-10-4-2-5-11-20/h2-15,22,25,30H,16-19H2,1H3,(H,27,31)/t22-,25+/m0/s1. The number of morpholine rings is 1. The molecule has 2 amide bonds. The van der Waals surface area contributed by atoms with Gasteiger partial charge in [0, 0.05) is 25.7 Å². The molecule has 166 valence electrons. The van der Waals surface area contributed by atoms with Gasteiger partial charge in [0.1, 0.15) is 0 Å². The average Bonchev–Trinajstić information content (AvgIpc) is 2.85. The third kappa shape index (κ3) is 5.10. The van der Waals surface area contributed by atoms with Crippen LogP contribution in [-0.2, 0) is 4.74 Å². The number of nitrogens with one attached hydrogen (secondary N) is 1. The number of aliphatic hydroxyl groups excluding tert-OH is 1. The molecule has 0 aromatic heterocycles. The fraction of sp³-hybridized carbons (Fsp3) is 0.269. The van der Waals surface area contributed by atoms with Gasteiger partial charge in [-0.3, -0.25) is 0 Å². The highest BCUT2D eigenvalue weighted by Gasteiger charge is 2.30. The highest BCUT2D eigenvalue weighted by molar-refractivity contribution is 5.94. The molecule has 6 heteroatoms. The van der Waals surface area contributed by atoms with Crippen LogP contribution in [0.3, 0.4) is 0 Å². The number of aliphatic hydroxyl groups is 1. The number of hydrogen-bond donors (Lipinski definition) is 2. The van der Waals surface area contributed by atoms with E-state index in [1.54, 1.807) is 4.90 Å². The van der Waals surface area contributed by atoms with Gasteiger partial charge in [0.15, 0.2) is 0 Å². The van der Waals surface area contributed by atoms with E-state index in [1.165, 1.54) is 0 Å². The Kier molecular flexibility index (Phi) is 7.04. The Morgan fingerprint density at radius 1 is 1.06 bits per heavy atom. The van der Waals surface area contributed by atoms with Gasteiger partial charge in [0.2, 0.25) is 0 Å². The zero-order chi connectivity index (χ0) is 22.3. The lowest BCUT2D eigenvalue weighted by atomic mass is 10.0. The lowest BCUT2D eigenvalue weighted by Crippen LogP contribution is -2.51. The molecule has 1 aliphatic rings. The first-order valence-electron chi connectivity index (χ1n) is 10.9. The number of carbonyl (C=O) groups excluding carboxylic acids is 1. The van der Waals surface area contributed by atoms with Gasteiger partial charge in [0.05, 0.1) is 36.7 Å². The third-order valence-electron chi connectivity index (χ3n) is 5.82. The molecule has 3 aromatic rings. The molecule has 1 aliphatic heterocycles. The second kappa shape index (κ2) is 10.3. The summed E-state index contributed by atoms with van der Waals surface area (Å²) in [5.41, 5.74) is 3.51. The molecule has 1 saturated heterocycles. The SMILES string of the molecule is CN(c1ccccc1)c1ccccc1NC(=O)N1CCOC[C@@H]1C[C@@H](O)c1ccccc1. The van der Waals surface area contributed by atoms with Crippen LogP contribution in [0.15, 0.2) is 84.9 Å². The highest BCUT2D eigenvalue weighted by Crippen LogP contribution is 2.31. The van der Waals surface area contributed by atoms with E-state index in [-0.39, 0.29) is 12.1 Å². The van der Waals surface area contributed by atoms with Crippen LogP contribution in [-0.4, -0.2) is 48.9 Å². The molecule has 2 atom stereocenters. The van der Waals surface area contributed by atoms with Gasteiger partial charge >= 0.3 is 6.03 Å². The normalized spacial score (nSPS) is 16.9. The number of amides is 2. The number of hydrogen-bond acceptors (Lipinski definition) is 4. The summed E-state index contributed by atoms with van der Waals surface area (Å²) in [5.74, 6) is 0. The first kappa shape index (κ1) is 21.9. The molecule has 2 N–H and O–H groups in total. The minimum absolute atomic E-state index is 0.188. The first-order chi connectivity index (χ1) is 15.6. The van der Waals surface area contributed by atoms with E-state index in [0.717, 1.165) is 22.6 Å². The maximum Gasteiger partial charge on any atom is 0.322 e. The fourth-order valence-electron chi connectivity index (χ4n) is 4.04. The highest BCUT2D eigenvalue weighted by atomic mass is 16.5. The summed E-state index contributed by atoms with van der Waals surface area (Å²) in [4.78, 5) is 17.1. The Bertz CT molecular complexity index is 1010. The molecule has 0 unspecified atom stereocenters. The van der Waals surface area contributed by atoms with Crippen molar-refractivity contribution >= 4 is 23.1 Å². The van der Waals surface area contributed by atoms with Crippen LogP contribution in [0.25, 0.3) is 0 Å². The molecule has 3 aromatic carbocycles. The maximum absolute atomic E-state index is 13.3. The Balaban J connectivity index is 1.49. The lowest BCUT2D eigenvalue weighted by molar-refractivity contribution is -0.00427. The summed E-state index contributed by atoms with van der Waals surface area (Å²) in [5, 5.41) is 13.8. The lowest BCUT2D eigenvalue weighted by Gasteiger charge is -2.37. The van der Waals surface area contributed by atoms with Crippen molar-refractivity contribution in [1.29, 1.82) is 0 Å². The van der Waals surface area contributed by atoms with Gasteiger partial charge < -0.3 is 25.0 Å². The smallest absolute Gasteiger partial charge is 0.322 e. The summed E-state index contributed by atoms with van der Waals surface area (Å²) in [6.07, 6.45) is -0.238. The van der Waals surface area contributed by atoms with Gasteiger partial charge in [0.25, 0.3) is 0 Å². The number of benzene rings is 3. The molecule has 0 aliphatic carbocycles. The van der Waals surface area contributed by atoms with Crippen LogP contribution in [0, 0.1) is 0 Å². The van der Waals surface area contributed by atoms with Crippen molar-refractivity contribution in [3.8, 4) is 0 Å². The predicted octanol–water partition coefficient (Wildman–Crippen LogP) is 4.81. The minimum Gasteiger partial charge on any atom is -0.388 e. The van der Waals surface area contributed by atoms with E-state index >= 15 is 0 Å². The van der Waals surface area contributed by atoms with E-state index < -0.39 is 6.10 Å².